The molecule has 1 amide bonds. The fourth-order valence-electron chi connectivity index (χ4n) is 1.82. The smallest absolute Gasteiger partial charge is 0.240 e. The summed E-state index contributed by atoms with van der Waals surface area (Å²) in [5.74, 6) is 0.743. The van der Waals surface area contributed by atoms with Crippen molar-refractivity contribution in [2.45, 2.75) is 12.8 Å². The third-order valence-electron chi connectivity index (χ3n) is 3.17. The van der Waals surface area contributed by atoms with Gasteiger partial charge in [0.15, 0.2) is 0 Å². The lowest BCUT2D eigenvalue weighted by Gasteiger charge is -2.18. The molecule has 0 bridgehead atoms. The zero-order valence-electron chi connectivity index (χ0n) is 10.5. The Hall–Kier alpha value is -1.86. The predicted octanol–water partition coefficient (Wildman–Crippen LogP) is 1.52. The van der Waals surface area contributed by atoms with Gasteiger partial charge in [0.25, 0.3) is 0 Å². The lowest BCUT2D eigenvalue weighted by Crippen LogP contribution is -2.36. The Kier molecular flexibility index (Phi) is 3.96. The minimum absolute atomic E-state index is 0.0154. The maximum Gasteiger partial charge on any atom is 0.240 e. The largest absolute Gasteiger partial charge is 0.313 e. The number of hydrogen-bond acceptors (Lipinski definition) is 3. The molecule has 0 aliphatic heterocycles. The molecule has 4 heteroatoms. The topological polar surface area (TPSA) is 56.1 Å². The summed E-state index contributed by atoms with van der Waals surface area (Å²) in [5.41, 5.74) is 1.19. The highest BCUT2D eigenvalue weighted by Gasteiger charge is 2.21. The van der Waals surface area contributed by atoms with Crippen LogP contribution in [0.5, 0.6) is 0 Å². The molecule has 4 nitrogen and oxygen atoms in total. The second-order valence-electron chi connectivity index (χ2n) is 4.66. The number of likely N-dealkylation sites (N-methyl/N-ethyl adjacent to an activating group) is 1. The first-order chi connectivity index (χ1) is 8.72. The van der Waals surface area contributed by atoms with E-state index in [-0.39, 0.29) is 5.91 Å². The number of nitriles is 1. The highest BCUT2D eigenvalue weighted by atomic mass is 16.2. The van der Waals surface area contributed by atoms with Crippen molar-refractivity contribution in [2.24, 2.45) is 5.92 Å². The predicted molar refractivity (Wildman–Crippen MR) is 70.2 cm³/mol. The number of nitrogens with one attached hydrogen (secondary N) is 1. The van der Waals surface area contributed by atoms with Crippen molar-refractivity contribution in [3.8, 4) is 6.07 Å². The summed E-state index contributed by atoms with van der Waals surface area (Å²) in [6.45, 7) is 1.24. The fourth-order valence-corrected chi connectivity index (χ4v) is 1.82. The van der Waals surface area contributed by atoms with Crippen LogP contribution in [0.2, 0.25) is 0 Å². The number of amides is 1. The number of rotatable bonds is 5. The molecule has 0 aromatic heterocycles. The summed E-state index contributed by atoms with van der Waals surface area (Å²) < 4.78 is 0. The van der Waals surface area contributed by atoms with Gasteiger partial charge in [0.05, 0.1) is 17.8 Å². The SMILES string of the molecule is CN(C(=O)CNCC1CC1)c1ccccc1C#N. The van der Waals surface area contributed by atoms with E-state index in [2.05, 4.69) is 11.4 Å². The van der Waals surface area contributed by atoms with Crippen LogP contribution >= 0.6 is 0 Å². The van der Waals surface area contributed by atoms with Crippen molar-refractivity contribution < 1.29 is 4.79 Å². The van der Waals surface area contributed by atoms with Gasteiger partial charge in [-0.2, -0.15) is 5.26 Å². The lowest BCUT2D eigenvalue weighted by atomic mass is 10.2. The van der Waals surface area contributed by atoms with Crippen LogP contribution in [-0.4, -0.2) is 26.0 Å². The van der Waals surface area contributed by atoms with Crippen molar-refractivity contribution in [1.29, 1.82) is 5.26 Å². The Labute approximate surface area is 107 Å². The molecular formula is C14H17N3O. The quantitative estimate of drug-likeness (QED) is 0.853. The molecule has 1 N–H and O–H groups in total. The van der Waals surface area contributed by atoms with E-state index >= 15 is 0 Å². The number of carbonyl (C=O) groups is 1. The third-order valence-corrected chi connectivity index (χ3v) is 3.17. The highest BCUT2D eigenvalue weighted by molar-refractivity contribution is 5.95. The van der Waals surface area contributed by atoms with Gasteiger partial charge in [-0.15, -0.1) is 0 Å². The van der Waals surface area contributed by atoms with Crippen LogP contribution in [0.25, 0.3) is 0 Å². The minimum Gasteiger partial charge on any atom is -0.313 e. The summed E-state index contributed by atoms with van der Waals surface area (Å²) >= 11 is 0. The van der Waals surface area contributed by atoms with Crippen LogP contribution in [-0.2, 0) is 4.79 Å². The number of anilines is 1. The van der Waals surface area contributed by atoms with Gasteiger partial charge in [0.2, 0.25) is 5.91 Å². The first kappa shape index (κ1) is 12.6. The molecule has 0 atom stereocenters. The van der Waals surface area contributed by atoms with E-state index in [1.54, 1.807) is 30.1 Å². The molecule has 0 radical (unpaired) electrons. The lowest BCUT2D eigenvalue weighted by molar-refractivity contribution is -0.117. The van der Waals surface area contributed by atoms with E-state index in [1.165, 1.54) is 12.8 Å². The molecule has 1 aliphatic carbocycles. The average molecular weight is 243 g/mol. The Balaban J connectivity index is 1.94. The van der Waals surface area contributed by atoms with Gasteiger partial charge in [-0.3, -0.25) is 4.79 Å². The van der Waals surface area contributed by atoms with Gasteiger partial charge in [-0.05, 0) is 37.4 Å². The van der Waals surface area contributed by atoms with Crippen LogP contribution in [0.15, 0.2) is 24.3 Å². The molecule has 18 heavy (non-hydrogen) atoms. The summed E-state index contributed by atoms with van der Waals surface area (Å²) in [7, 11) is 1.71. The number of nitrogens with zero attached hydrogens (tertiary/aromatic N) is 2. The van der Waals surface area contributed by atoms with Gasteiger partial charge in [-0.25, -0.2) is 0 Å². The van der Waals surface area contributed by atoms with Crippen molar-refractivity contribution in [3.63, 3.8) is 0 Å². The van der Waals surface area contributed by atoms with Crippen LogP contribution < -0.4 is 10.2 Å². The zero-order chi connectivity index (χ0) is 13.0. The van der Waals surface area contributed by atoms with Crippen molar-refractivity contribution in [2.75, 3.05) is 25.0 Å². The van der Waals surface area contributed by atoms with Crippen molar-refractivity contribution in [1.82, 2.24) is 5.32 Å². The van der Waals surface area contributed by atoms with Gasteiger partial charge in [-0.1, -0.05) is 12.1 Å². The van der Waals surface area contributed by atoms with E-state index in [4.69, 9.17) is 5.26 Å². The number of para-hydroxylation sites is 1. The molecule has 1 aromatic carbocycles. The summed E-state index contributed by atoms with van der Waals surface area (Å²) in [4.78, 5) is 13.5. The van der Waals surface area contributed by atoms with Crippen LogP contribution in [0.1, 0.15) is 18.4 Å². The van der Waals surface area contributed by atoms with E-state index in [9.17, 15) is 4.79 Å². The van der Waals surface area contributed by atoms with Gasteiger partial charge < -0.3 is 10.2 Å². The Morgan fingerprint density at radius 1 is 1.50 bits per heavy atom. The fraction of sp³-hybridized carbons (Fsp3) is 0.429. The molecule has 2 rings (SSSR count). The molecule has 0 unspecified atom stereocenters. The standard InChI is InChI=1S/C14H17N3O/c1-17(13-5-3-2-4-12(13)8-15)14(18)10-16-9-11-6-7-11/h2-5,11,16H,6-7,9-10H2,1H3. The van der Waals surface area contributed by atoms with E-state index in [0.29, 0.717) is 17.8 Å². The second-order valence-corrected chi connectivity index (χ2v) is 4.66. The maximum atomic E-state index is 12.0. The first-order valence-corrected chi connectivity index (χ1v) is 6.18. The van der Waals surface area contributed by atoms with Crippen LogP contribution in [0.3, 0.4) is 0 Å². The first-order valence-electron chi connectivity index (χ1n) is 6.18. The van der Waals surface area contributed by atoms with Crippen molar-refractivity contribution in [3.05, 3.63) is 29.8 Å². The molecule has 94 valence electrons. The van der Waals surface area contributed by atoms with Gasteiger partial charge in [0.1, 0.15) is 6.07 Å². The second kappa shape index (κ2) is 5.65. The van der Waals surface area contributed by atoms with Gasteiger partial charge >= 0.3 is 0 Å². The van der Waals surface area contributed by atoms with Crippen molar-refractivity contribution >= 4 is 11.6 Å². The Morgan fingerprint density at radius 3 is 2.89 bits per heavy atom. The third kappa shape index (κ3) is 3.08. The highest BCUT2D eigenvalue weighted by Crippen LogP contribution is 2.27. The van der Waals surface area contributed by atoms with Crippen LogP contribution in [0.4, 0.5) is 5.69 Å². The van der Waals surface area contributed by atoms with Gasteiger partial charge in [0, 0.05) is 7.05 Å². The molecular weight excluding hydrogens is 226 g/mol. The Bertz CT molecular complexity index is 474. The summed E-state index contributed by atoms with van der Waals surface area (Å²) in [5, 5.41) is 12.2. The maximum absolute atomic E-state index is 12.0. The zero-order valence-corrected chi connectivity index (χ0v) is 10.5. The monoisotopic (exact) mass is 243 g/mol. The minimum atomic E-state index is -0.0154. The van der Waals surface area contributed by atoms with E-state index < -0.39 is 0 Å². The Morgan fingerprint density at radius 2 is 2.22 bits per heavy atom. The number of hydrogen-bond donors (Lipinski definition) is 1. The number of carbonyl (C=O) groups excluding carboxylic acids is 1. The molecule has 0 saturated heterocycles. The number of benzene rings is 1. The summed E-state index contributed by atoms with van der Waals surface area (Å²) in [6.07, 6.45) is 2.54. The molecule has 1 saturated carbocycles. The molecule has 1 aliphatic rings. The molecule has 0 heterocycles. The normalized spacial score (nSPS) is 14.0. The molecule has 1 fully saturated rings. The van der Waals surface area contributed by atoms with Crippen LogP contribution in [0, 0.1) is 17.2 Å². The molecule has 0 spiro atoms. The molecule has 1 aromatic rings. The summed E-state index contributed by atoms with van der Waals surface area (Å²) in [6, 6.07) is 9.24. The van der Waals surface area contributed by atoms with E-state index in [0.717, 1.165) is 12.5 Å². The average Bonchev–Trinajstić information content (AvgIpc) is 3.21. The van der Waals surface area contributed by atoms with E-state index in [1.807, 2.05) is 6.07 Å².